The molecule has 108 valence electrons. The summed E-state index contributed by atoms with van der Waals surface area (Å²) in [4.78, 5) is 24.6. The summed E-state index contributed by atoms with van der Waals surface area (Å²) < 4.78 is 17.7. The van der Waals surface area contributed by atoms with Gasteiger partial charge in [0.05, 0.1) is 20.3 Å². The second kappa shape index (κ2) is 4.63. The summed E-state index contributed by atoms with van der Waals surface area (Å²) in [5.74, 6) is -1.18. The van der Waals surface area contributed by atoms with Crippen molar-refractivity contribution in [3.8, 4) is 0 Å². The molecule has 1 aromatic rings. The Bertz CT molecular complexity index is 534. The number of aryl methyl sites for hydroxylation is 1. The summed E-state index contributed by atoms with van der Waals surface area (Å²) in [6, 6.07) is 3.76. The van der Waals surface area contributed by atoms with Gasteiger partial charge in [-0.1, -0.05) is 0 Å². The van der Waals surface area contributed by atoms with Crippen molar-refractivity contribution in [2.45, 2.75) is 31.6 Å². The third-order valence-electron chi connectivity index (χ3n) is 4.25. The average Bonchev–Trinajstić information content (AvgIpc) is 3.02. The van der Waals surface area contributed by atoms with Crippen molar-refractivity contribution >= 4 is 11.9 Å². The van der Waals surface area contributed by atoms with Crippen molar-refractivity contribution < 1.29 is 23.8 Å². The molecular formula is C14H17NO5. The van der Waals surface area contributed by atoms with Crippen LogP contribution < -0.4 is 0 Å². The molecule has 1 aromatic heterocycles. The van der Waals surface area contributed by atoms with E-state index in [1.54, 1.807) is 0 Å². The van der Waals surface area contributed by atoms with Crippen LogP contribution in [-0.2, 0) is 30.3 Å². The summed E-state index contributed by atoms with van der Waals surface area (Å²) in [7, 11) is 2.56. The van der Waals surface area contributed by atoms with E-state index in [0.717, 1.165) is 18.7 Å². The lowest BCUT2D eigenvalue weighted by molar-refractivity contribution is -0.174. The van der Waals surface area contributed by atoms with Crippen LogP contribution in [0.25, 0.3) is 0 Å². The number of carbonyl (C=O) groups is 2. The summed E-state index contributed by atoms with van der Waals surface area (Å²) in [5, 5.41) is 0. The van der Waals surface area contributed by atoms with Gasteiger partial charge in [-0.3, -0.25) is 9.59 Å². The number of carbonyl (C=O) groups excluding carboxylic acids is 2. The molecule has 20 heavy (non-hydrogen) atoms. The Morgan fingerprint density at radius 2 is 2.05 bits per heavy atom. The number of hydrogen-bond donors (Lipinski definition) is 0. The second-order valence-corrected chi connectivity index (χ2v) is 5.21. The van der Waals surface area contributed by atoms with Gasteiger partial charge >= 0.3 is 11.9 Å². The minimum absolute atomic E-state index is 0.141. The van der Waals surface area contributed by atoms with E-state index in [2.05, 4.69) is 0 Å². The topological polar surface area (TPSA) is 66.8 Å². The highest BCUT2D eigenvalue weighted by molar-refractivity contribution is 6.01. The molecule has 2 aliphatic heterocycles. The van der Waals surface area contributed by atoms with E-state index >= 15 is 0 Å². The van der Waals surface area contributed by atoms with E-state index in [0.29, 0.717) is 6.42 Å². The number of nitrogens with zero attached hydrogens (tertiary/aromatic N) is 1. The van der Waals surface area contributed by atoms with Gasteiger partial charge in [0.25, 0.3) is 0 Å². The molecule has 1 saturated heterocycles. The van der Waals surface area contributed by atoms with Gasteiger partial charge in [-0.05, 0) is 18.6 Å². The third kappa shape index (κ3) is 1.61. The fourth-order valence-corrected chi connectivity index (χ4v) is 3.30. The summed E-state index contributed by atoms with van der Waals surface area (Å²) >= 11 is 0. The van der Waals surface area contributed by atoms with Gasteiger partial charge in [0.2, 0.25) is 0 Å². The maximum absolute atomic E-state index is 12.3. The largest absolute Gasteiger partial charge is 0.468 e. The first-order chi connectivity index (χ1) is 9.63. The van der Waals surface area contributed by atoms with Gasteiger partial charge in [0, 0.05) is 24.9 Å². The molecule has 0 saturated carbocycles. The van der Waals surface area contributed by atoms with Crippen molar-refractivity contribution in [2.24, 2.45) is 5.41 Å². The van der Waals surface area contributed by atoms with Gasteiger partial charge in [-0.15, -0.1) is 0 Å². The first-order valence-electron chi connectivity index (χ1n) is 6.61. The highest BCUT2D eigenvalue weighted by Crippen LogP contribution is 2.52. The lowest BCUT2D eigenvalue weighted by Crippen LogP contribution is -2.44. The number of fused-ring (bicyclic) bond motifs is 4. The molecule has 0 amide bonds. The summed E-state index contributed by atoms with van der Waals surface area (Å²) in [6.45, 7) is 0.821. The molecule has 2 atom stereocenters. The normalized spacial score (nSPS) is 26.5. The van der Waals surface area contributed by atoms with Crippen LogP contribution in [0.15, 0.2) is 18.3 Å². The van der Waals surface area contributed by atoms with E-state index in [9.17, 15) is 9.59 Å². The molecule has 0 unspecified atom stereocenters. The molecule has 0 radical (unpaired) electrons. The molecular weight excluding hydrogens is 262 g/mol. The molecule has 0 spiro atoms. The fraction of sp³-hybridized carbons (Fsp3) is 0.571. The Hall–Kier alpha value is -1.82. The molecule has 3 heterocycles. The molecule has 3 rings (SSSR count). The van der Waals surface area contributed by atoms with E-state index in [4.69, 9.17) is 14.2 Å². The van der Waals surface area contributed by atoms with Crippen LogP contribution in [0.5, 0.6) is 0 Å². The monoisotopic (exact) mass is 279 g/mol. The first-order valence-corrected chi connectivity index (χ1v) is 6.61. The zero-order valence-electron chi connectivity index (χ0n) is 11.5. The maximum Gasteiger partial charge on any atom is 0.326 e. The van der Waals surface area contributed by atoms with Gasteiger partial charge < -0.3 is 18.8 Å². The van der Waals surface area contributed by atoms with Gasteiger partial charge in [0.15, 0.2) is 5.41 Å². The van der Waals surface area contributed by atoms with Crippen LogP contribution in [0.2, 0.25) is 0 Å². The Morgan fingerprint density at radius 3 is 2.70 bits per heavy atom. The van der Waals surface area contributed by atoms with Crippen LogP contribution in [0, 0.1) is 5.41 Å². The lowest BCUT2D eigenvalue weighted by atomic mass is 9.77. The molecule has 6 heteroatoms. The van der Waals surface area contributed by atoms with Gasteiger partial charge in [0.1, 0.15) is 6.10 Å². The quantitative estimate of drug-likeness (QED) is 0.598. The van der Waals surface area contributed by atoms with Crippen LogP contribution in [0.4, 0.5) is 0 Å². The Kier molecular flexibility index (Phi) is 3.05. The minimum Gasteiger partial charge on any atom is -0.468 e. The number of methoxy groups -OCH3 is 2. The van der Waals surface area contributed by atoms with E-state index in [1.165, 1.54) is 14.2 Å². The molecule has 1 fully saturated rings. The third-order valence-corrected chi connectivity index (χ3v) is 4.25. The highest BCUT2D eigenvalue weighted by atomic mass is 16.6. The molecule has 0 aromatic carbocycles. The maximum atomic E-state index is 12.3. The van der Waals surface area contributed by atoms with E-state index in [-0.39, 0.29) is 6.10 Å². The molecule has 2 bridgehead atoms. The molecule has 0 aliphatic carbocycles. The molecule has 0 N–H and O–H groups in total. The number of hydrogen-bond acceptors (Lipinski definition) is 5. The minimum atomic E-state index is -1.40. The van der Waals surface area contributed by atoms with E-state index in [1.807, 2.05) is 22.9 Å². The lowest BCUT2D eigenvalue weighted by Gasteiger charge is -2.29. The van der Waals surface area contributed by atoms with Crippen molar-refractivity contribution in [2.75, 3.05) is 14.2 Å². The Balaban J connectivity index is 2.13. The SMILES string of the molecule is COC(=O)C1(C(=O)OC)C[C@H]2CCn3cccc3[C@@H]1O2. The van der Waals surface area contributed by atoms with Gasteiger partial charge in [-0.25, -0.2) is 0 Å². The Labute approximate surface area is 116 Å². The van der Waals surface area contributed by atoms with Crippen molar-refractivity contribution in [1.29, 1.82) is 0 Å². The fourth-order valence-electron chi connectivity index (χ4n) is 3.30. The zero-order valence-corrected chi connectivity index (χ0v) is 11.5. The van der Waals surface area contributed by atoms with E-state index < -0.39 is 23.5 Å². The number of aromatic nitrogens is 1. The predicted molar refractivity (Wildman–Crippen MR) is 67.7 cm³/mol. The smallest absolute Gasteiger partial charge is 0.326 e. The zero-order chi connectivity index (χ0) is 14.3. The van der Waals surface area contributed by atoms with Crippen molar-refractivity contribution in [3.63, 3.8) is 0 Å². The number of ether oxygens (including phenoxy) is 3. The van der Waals surface area contributed by atoms with Crippen molar-refractivity contribution in [1.82, 2.24) is 4.57 Å². The first kappa shape index (κ1) is 13.2. The highest BCUT2D eigenvalue weighted by Gasteiger charge is 2.63. The van der Waals surface area contributed by atoms with Crippen LogP contribution in [-0.4, -0.2) is 36.8 Å². The van der Waals surface area contributed by atoms with Crippen LogP contribution in [0.1, 0.15) is 24.6 Å². The number of esters is 2. The van der Waals surface area contributed by atoms with Crippen LogP contribution >= 0.6 is 0 Å². The summed E-state index contributed by atoms with van der Waals surface area (Å²) in [5.41, 5.74) is -0.578. The predicted octanol–water partition coefficient (Wildman–Crippen LogP) is 1.05. The van der Waals surface area contributed by atoms with Gasteiger partial charge in [-0.2, -0.15) is 0 Å². The average molecular weight is 279 g/mol. The second-order valence-electron chi connectivity index (χ2n) is 5.21. The molecule has 2 aliphatic rings. The van der Waals surface area contributed by atoms with Crippen LogP contribution in [0.3, 0.4) is 0 Å². The standard InChI is InChI=1S/C14H17NO5/c1-18-12(16)14(13(17)19-2)8-9-5-7-15-6-3-4-10(15)11(14)20-9/h3-4,6,9,11H,5,7-8H2,1-2H3/t9-,11+/m1/s1. The number of rotatable bonds is 2. The molecule has 6 nitrogen and oxygen atoms in total. The Morgan fingerprint density at radius 1 is 1.35 bits per heavy atom. The summed E-state index contributed by atoms with van der Waals surface area (Å²) in [6.07, 6.45) is 2.21. The van der Waals surface area contributed by atoms with Crippen molar-refractivity contribution in [3.05, 3.63) is 24.0 Å².